The Bertz CT molecular complexity index is 741. The molecule has 0 atom stereocenters. The van der Waals surface area contributed by atoms with Crippen LogP contribution in [0.25, 0.3) is 0 Å². The lowest BCUT2D eigenvalue weighted by Gasteiger charge is -2.08. The highest BCUT2D eigenvalue weighted by atomic mass is 32.2. The van der Waals surface area contributed by atoms with E-state index < -0.39 is 4.92 Å². The molecule has 2 rings (SSSR count). The molecule has 21 heavy (non-hydrogen) atoms. The van der Waals surface area contributed by atoms with Crippen molar-refractivity contribution in [2.24, 2.45) is 0 Å². The van der Waals surface area contributed by atoms with Crippen LogP contribution in [0.3, 0.4) is 0 Å². The largest absolute Gasteiger partial charge is 0.497 e. The van der Waals surface area contributed by atoms with Crippen LogP contribution in [0, 0.1) is 21.4 Å². The van der Waals surface area contributed by atoms with Crippen molar-refractivity contribution in [3.05, 3.63) is 52.1 Å². The van der Waals surface area contributed by atoms with Gasteiger partial charge in [0.2, 0.25) is 0 Å². The smallest absolute Gasteiger partial charge is 0.284 e. The highest BCUT2D eigenvalue weighted by molar-refractivity contribution is 7.99. The fourth-order valence-electron chi connectivity index (χ4n) is 1.66. The summed E-state index contributed by atoms with van der Waals surface area (Å²) < 4.78 is 5.12. The molecule has 0 aliphatic carbocycles. The van der Waals surface area contributed by atoms with Crippen molar-refractivity contribution < 1.29 is 9.66 Å². The molecule has 2 aromatic rings. The number of rotatable bonds is 4. The molecule has 2 aromatic carbocycles. The van der Waals surface area contributed by atoms with Gasteiger partial charge in [-0.25, -0.2) is 0 Å². The number of anilines is 1. The van der Waals surface area contributed by atoms with Gasteiger partial charge < -0.3 is 10.5 Å². The van der Waals surface area contributed by atoms with Crippen LogP contribution in [0.15, 0.2) is 46.2 Å². The van der Waals surface area contributed by atoms with E-state index in [1.54, 1.807) is 24.3 Å². The van der Waals surface area contributed by atoms with E-state index in [0.717, 1.165) is 11.8 Å². The first-order valence-electron chi connectivity index (χ1n) is 5.85. The average molecular weight is 301 g/mol. The molecule has 0 unspecified atom stereocenters. The van der Waals surface area contributed by atoms with Crippen molar-refractivity contribution in [2.45, 2.75) is 9.79 Å². The second-order valence-electron chi connectivity index (χ2n) is 4.06. The monoisotopic (exact) mass is 301 g/mol. The van der Waals surface area contributed by atoms with Gasteiger partial charge in [-0.15, -0.1) is 0 Å². The van der Waals surface area contributed by atoms with Crippen LogP contribution in [0.1, 0.15) is 5.56 Å². The Kier molecular flexibility index (Phi) is 4.30. The lowest BCUT2D eigenvalue weighted by atomic mass is 10.2. The molecule has 106 valence electrons. The van der Waals surface area contributed by atoms with Crippen molar-refractivity contribution in [2.75, 3.05) is 12.8 Å². The minimum absolute atomic E-state index is 0.124. The number of nitro groups is 1. The summed E-state index contributed by atoms with van der Waals surface area (Å²) in [5.74, 6) is 0.614. The van der Waals surface area contributed by atoms with Gasteiger partial charge in [0, 0.05) is 16.6 Å². The second kappa shape index (κ2) is 6.15. The average Bonchev–Trinajstić information content (AvgIpc) is 2.49. The van der Waals surface area contributed by atoms with E-state index in [2.05, 4.69) is 0 Å². The number of methoxy groups -OCH3 is 1. The first-order valence-corrected chi connectivity index (χ1v) is 6.66. The van der Waals surface area contributed by atoms with E-state index in [4.69, 9.17) is 15.7 Å². The molecule has 0 spiro atoms. The van der Waals surface area contributed by atoms with E-state index in [9.17, 15) is 10.1 Å². The minimum atomic E-state index is -0.514. The number of nitriles is 1. The molecule has 6 nitrogen and oxygen atoms in total. The quantitative estimate of drug-likeness (QED) is 0.528. The molecular formula is C14H11N3O3S. The molecule has 0 amide bonds. The number of nitrogens with two attached hydrogens (primary N) is 1. The molecule has 0 aliphatic rings. The number of benzene rings is 2. The SMILES string of the molecule is COc1ccc(N)c(Sc2ccc(C#N)cc2[N+](=O)[O-])c1. The summed E-state index contributed by atoms with van der Waals surface area (Å²) in [5.41, 5.74) is 6.49. The third-order valence-electron chi connectivity index (χ3n) is 2.73. The fourth-order valence-corrected chi connectivity index (χ4v) is 2.64. The van der Waals surface area contributed by atoms with Crippen LogP contribution in [0.2, 0.25) is 0 Å². The molecule has 0 aromatic heterocycles. The zero-order valence-corrected chi connectivity index (χ0v) is 11.9. The Morgan fingerprint density at radius 2 is 2.05 bits per heavy atom. The lowest BCUT2D eigenvalue weighted by molar-refractivity contribution is -0.387. The summed E-state index contributed by atoms with van der Waals surface area (Å²) >= 11 is 1.16. The van der Waals surface area contributed by atoms with Gasteiger partial charge in [0.25, 0.3) is 5.69 Å². The zero-order chi connectivity index (χ0) is 15.4. The Hall–Kier alpha value is -2.72. The van der Waals surface area contributed by atoms with Crippen LogP contribution < -0.4 is 10.5 Å². The summed E-state index contributed by atoms with van der Waals surface area (Å²) in [6.45, 7) is 0. The van der Waals surface area contributed by atoms with Gasteiger partial charge in [0.15, 0.2) is 0 Å². The zero-order valence-electron chi connectivity index (χ0n) is 11.1. The van der Waals surface area contributed by atoms with Crippen molar-refractivity contribution in [1.29, 1.82) is 5.26 Å². The maximum atomic E-state index is 11.1. The maximum Gasteiger partial charge on any atom is 0.284 e. The normalized spacial score (nSPS) is 9.90. The van der Waals surface area contributed by atoms with Crippen LogP contribution in [0.5, 0.6) is 5.75 Å². The molecule has 2 N–H and O–H groups in total. The van der Waals surface area contributed by atoms with E-state index in [1.165, 1.54) is 19.2 Å². The molecular weight excluding hydrogens is 290 g/mol. The van der Waals surface area contributed by atoms with Gasteiger partial charge >= 0.3 is 0 Å². The van der Waals surface area contributed by atoms with Crippen molar-refractivity contribution in [3.63, 3.8) is 0 Å². The first-order chi connectivity index (χ1) is 10.0. The van der Waals surface area contributed by atoms with E-state index in [0.29, 0.717) is 21.2 Å². The van der Waals surface area contributed by atoms with Gasteiger partial charge in [-0.1, -0.05) is 11.8 Å². The van der Waals surface area contributed by atoms with Crippen LogP contribution >= 0.6 is 11.8 Å². The minimum Gasteiger partial charge on any atom is -0.497 e. The number of ether oxygens (including phenoxy) is 1. The summed E-state index contributed by atoms with van der Waals surface area (Å²) in [6.07, 6.45) is 0. The fraction of sp³-hybridized carbons (Fsp3) is 0.0714. The lowest BCUT2D eigenvalue weighted by Crippen LogP contribution is -1.94. The summed E-state index contributed by atoms with van der Waals surface area (Å²) in [6, 6.07) is 11.3. The third-order valence-corrected chi connectivity index (χ3v) is 3.86. The maximum absolute atomic E-state index is 11.1. The number of hydrogen-bond donors (Lipinski definition) is 1. The highest BCUT2D eigenvalue weighted by Gasteiger charge is 2.17. The highest BCUT2D eigenvalue weighted by Crippen LogP contribution is 2.39. The van der Waals surface area contributed by atoms with E-state index in [1.807, 2.05) is 6.07 Å². The molecule has 0 aliphatic heterocycles. The molecule has 0 saturated carbocycles. The third kappa shape index (κ3) is 3.24. The van der Waals surface area contributed by atoms with Crippen molar-refractivity contribution in [1.82, 2.24) is 0 Å². The predicted molar refractivity (Wildman–Crippen MR) is 79.3 cm³/mol. The second-order valence-corrected chi connectivity index (χ2v) is 5.14. The molecule has 0 heterocycles. The Morgan fingerprint density at radius 3 is 2.67 bits per heavy atom. The topological polar surface area (TPSA) is 102 Å². The first kappa shape index (κ1) is 14.7. The standard InChI is InChI=1S/C14H11N3O3S/c1-20-10-3-4-11(16)14(7-10)21-13-5-2-9(8-15)6-12(13)17(18)19/h2-7H,16H2,1H3. The molecule has 0 saturated heterocycles. The summed E-state index contributed by atoms with van der Waals surface area (Å²) in [5, 5.41) is 19.9. The van der Waals surface area contributed by atoms with Crippen molar-refractivity contribution in [3.8, 4) is 11.8 Å². The van der Waals surface area contributed by atoms with Crippen LogP contribution in [-0.4, -0.2) is 12.0 Å². The Morgan fingerprint density at radius 1 is 1.29 bits per heavy atom. The number of hydrogen-bond acceptors (Lipinski definition) is 6. The van der Waals surface area contributed by atoms with Gasteiger partial charge in [-0.3, -0.25) is 10.1 Å². The number of nitrogens with zero attached hydrogens (tertiary/aromatic N) is 2. The number of nitro benzene ring substituents is 1. The number of nitrogen functional groups attached to an aromatic ring is 1. The predicted octanol–water partition coefficient (Wildman–Crippen LogP) is 3.21. The van der Waals surface area contributed by atoms with E-state index >= 15 is 0 Å². The molecule has 0 bridgehead atoms. The van der Waals surface area contributed by atoms with Gasteiger partial charge in [0.1, 0.15) is 5.75 Å². The van der Waals surface area contributed by atoms with Crippen LogP contribution in [-0.2, 0) is 0 Å². The summed E-state index contributed by atoms with van der Waals surface area (Å²) in [4.78, 5) is 11.7. The van der Waals surface area contributed by atoms with Gasteiger partial charge in [-0.05, 0) is 30.3 Å². The Labute approximate surface area is 125 Å². The van der Waals surface area contributed by atoms with E-state index in [-0.39, 0.29) is 11.3 Å². The molecule has 0 radical (unpaired) electrons. The van der Waals surface area contributed by atoms with Gasteiger partial charge in [0.05, 0.1) is 28.6 Å². The summed E-state index contributed by atoms with van der Waals surface area (Å²) in [7, 11) is 1.53. The van der Waals surface area contributed by atoms with Crippen molar-refractivity contribution >= 4 is 23.1 Å². The molecule has 7 heteroatoms. The van der Waals surface area contributed by atoms with Crippen LogP contribution in [0.4, 0.5) is 11.4 Å². The molecule has 0 fully saturated rings. The van der Waals surface area contributed by atoms with Gasteiger partial charge in [-0.2, -0.15) is 5.26 Å². The Balaban J connectivity index is 2.44.